The molecule has 0 aromatic rings. The molecule has 0 saturated carbocycles. The number of aliphatic imine (C=N–C) groups is 1. The van der Waals surface area contributed by atoms with Crippen LogP contribution in [-0.4, -0.2) is 12.8 Å². The van der Waals surface area contributed by atoms with Crippen LogP contribution in [0.25, 0.3) is 0 Å². The number of fused-ring (bicyclic) bond motifs is 1. The molecule has 2 aliphatic rings. The summed E-state index contributed by atoms with van der Waals surface area (Å²) >= 11 is 0. The fourth-order valence-corrected chi connectivity index (χ4v) is 1.28. The second-order valence-corrected chi connectivity index (χ2v) is 2.52. The molecule has 0 saturated heterocycles. The predicted octanol–water partition coefficient (Wildman–Crippen LogP) is 1.22. The molecule has 0 spiro atoms. The molecule has 0 aliphatic carbocycles. The fraction of sp³-hybridized carbons (Fsp3) is 0.375. The molecule has 2 rings (SSSR count). The normalized spacial score (nSPS) is 22.4. The largest absolute Gasteiger partial charge is 0.383 e. The van der Waals surface area contributed by atoms with Crippen LogP contribution in [0.15, 0.2) is 28.5 Å². The topological polar surface area (TPSA) is 24.4 Å². The van der Waals surface area contributed by atoms with Crippen LogP contribution in [0.4, 0.5) is 0 Å². The van der Waals surface area contributed by atoms with Crippen molar-refractivity contribution in [1.82, 2.24) is 5.32 Å². The summed E-state index contributed by atoms with van der Waals surface area (Å²) in [4.78, 5) is 4.07. The fourth-order valence-electron chi connectivity index (χ4n) is 1.28. The van der Waals surface area contributed by atoms with Gasteiger partial charge >= 0.3 is 0 Å². The summed E-state index contributed by atoms with van der Waals surface area (Å²) in [5, 5.41) is 3.30. The van der Waals surface area contributed by atoms with Gasteiger partial charge in [0.05, 0.1) is 5.70 Å². The van der Waals surface area contributed by atoms with Gasteiger partial charge in [-0.05, 0) is 12.0 Å². The van der Waals surface area contributed by atoms with E-state index in [1.807, 2.05) is 12.4 Å². The Hall–Kier alpha value is -1.05. The second-order valence-electron chi connectivity index (χ2n) is 2.52. The molecule has 2 heterocycles. The minimum atomic E-state index is 0.999. The van der Waals surface area contributed by atoms with Crippen molar-refractivity contribution < 1.29 is 0 Å². The average Bonchev–Trinajstić information content (AvgIpc) is 2.05. The Kier molecular flexibility index (Phi) is 1.31. The number of hydrogen-bond acceptors (Lipinski definition) is 2. The summed E-state index contributed by atoms with van der Waals surface area (Å²) in [6, 6.07) is 0. The molecule has 0 amide bonds. The van der Waals surface area contributed by atoms with E-state index >= 15 is 0 Å². The maximum Gasteiger partial charge on any atom is 0.0559 e. The van der Waals surface area contributed by atoms with Crippen LogP contribution in [0.2, 0.25) is 0 Å². The van der Waals surface area contributed by atoms with Crippen LogP contribution in [0.1, 0.15) is 12.8 Å². The van der Waals surface area contributed by atoms with Gasteiger partial charge in [-0.15, -0.1) is 0 Å². The third-order valence-electron chi connectivity index (χ3n) is 1.82. The Morgan fingerprint density at radius 1 is 1.50 bits per heavy atom. The van der Waals surface area contributed by atoms with Crippen molar-refractivity contribution in [2.45, 2.75) is 12.8 Å². The van der Waals surface area contributed by atoms with E-state index in [4.69, 9.17) is 0 Å². The van der Waals surface area contributed by atoms with Crippen molar-refractivity contribution >= 4 is 6.21 Å². The van der Waals surface area contributed by atoms with E-state index in [0.717, 1.165) is 19.4 Å². The molecular formula is C8H10N2. The molecule has 0 fully saturated rings. The summed E-state index contributed by atoms with van der Waals surface area (Å²) in [7, 11) is 0. The summed E-state index contributed by atoms with van der Waals surface area (Å²) in [5.74, 6) is 0. The van der Waals surface area contributed by atoms with Gasteiger partial charge in [-0.3, -0.25) is 4.99 Å². The Morgan fingerprint density at radius 3 is 3.40 bits per heavy atom. The second kappa shape index (κ2) is 2.29. The molecule has 2 heteroatoms. The molecule has 10 heavy (non-hydrogen) atoms. The highest BCUT2D eigenvalue weighted by atomic mass is 14.9. The molecule has 0 aromatic carbocycles. The van der Waals surface area contributed by atoms with Crippen molar-refractivity contribution in [2.75, 3.05) is 6.54 Å². The molecule has 0 aromatic heterocycles. The first-order valence-corrected chi connectivity index (χ1v) is 3.62. The zero-order valence-corrected chi connectivity index (χ0v) is 5.80. The summed E-state index contributed by atoms with van der Waals surface area (Å²) in [6.07, 6.45) is 8.28. The van der Waals surface area contributed by atoms with Crippen molar-refractivity contribution in [3.8, 4) is 0 Å². The van der Waals surface area contributed by atoms with Gasteiger partial charge in [0.15, 0.2) is 0 Å². The molecule has 2 aliphatic heterocycles. The van der Waals surface area contributed by atoms with Gasteiger partial charge in [0.25, 0.3) is 0 Å². The Labute approximate surface area is 60.3 Å². The van der Waals surface area contributed by atoms with Gasteiger partial charge < -0.3 is 5.32 Å². The summed E-state index contributed by atoms with van der Waals surface area (Å²) in [6.45, 7) is 1.06. The smallest absolute Gasteiger partial charge is 0.0559 e. The van der Waals surface area contributed by atoms with Crippen LogP contribution < -0.4 is 5.32 Å². The SMILES string of the molecule is C1=NC=C2NCCC=C2C1. The molecule has 0 atom stereocenters. The van der Waals surface area contributed by atoms with E-state index in [1.165, 1.54) is 11.3 Å². The van der Waals surface area contributed by atoms with Gasteiger partial charge in [0.1, 0.15) is 0 Å². The molecule has 52 valence electrons. The summed E-state index contributed by atoms with van der Waals surface area (Å²) < 4.78 is 0. The highest BCUT2D eigenvalue weighted by Gasteiger charge is 2.09. The molecule has 0 unspecified atom stereocenters. The minimum absolute atomic E-state index is 0.999. The van der Waals surface area contributed by atoms with E-state index in [-0.39, 0.29) is 0 Å². The highest BCUT2D eigenvalue weighted by molar-refractivity contribution is 5.67. The predicted molar refractivity (Wildman–Crippen MR) is 41.9 cm³/mol. The third-order valence-corrected chi connectivity index (χ3v) is 1.82. The zero-order chi connectivity index (χ0) is 6.81. The Balaban J connectivity index is 2.32. The first kappa shape index (κ1) is 5.71. The number of rotatable bonds is 0. The highest BCUT2D eigenvalue weighted by Crippen LogP contribution is 2.17. The number of allylic oxidation sites excluding steroid dienone is 1. The van der Waals surface area contributed by atoms with Crippen molar-refractivity contribution in [3.63, 3.8) is 0 Å². The lowest BCUT2D eigenvalue weighted by molar-refractivity contribution is 0.764. The van der Waals surface area contributed by atoms with Gasteiger partial charge in [0, 0.05) is 25.4 Å². The number of nitrogens with zero attached hydrogens (tertiary/aromatic N) is 1. The van der Waals surface area contributed by atoms with Crippen molar-refractivity contribution in [1.29, 1.82) is 0 Å². The van der Waals surface area contributed by atoms with Crippen molar-refractivity contribution in [2.24, 2.45) is 4.99 Å². The molecule has 2 nitrogen and oxygen atoms in total. The quantitative estimate of drug-likeness (QED) is 0.529. The third kappa shape index (κ3) is 0.856. The van der Waals surface area contributed by atoms with Crippen LogP contribution in [-0.2, 0) is 0 Å². The lowest BCUT2D eigenvalue weighted by Crippen LogP contribution is -2.21. The first-order chi connectivity index (χ1) is 4.97. The van der Waals surface area contributed by atoms with E-state index in [2.05, 4.69) is 16.4 Å². The van der Waals surface area contributed by atoms with E-state index < -0.39 is 0 Å². The van der Waals surface area contributed by atoms with Crippen LogP contribution in [0.5, 0.6) is 0 Å². The van der Waals surface area contributed by atoms with Crippen LogP contribution in [0, 0.1) is 0 Å². The molecule has 0 radical (unpaired) electrons. The van der Waals surface area contributed by atoms with E-state index in [0.29, 0.717) is 0 Å². The standard InChI is InChI=1S/C8H10N2/c1-2-7-3-5-9-6-8(7)10-4-1/h2,5-6,10H,1,3-4H2. The average molecular weight is 134 g/mol. The van der Waals surface area contributed by atoms with Gasteiger partial charge in [-0.25, -0.2) is 0 Å². The maximum absolute atomic E-state index is 4.07. The molecule has 1 N–H and O–H groups in total. The number of hydrogen-bond donors (Lipinski definition) is 1. The van der Waals surface area contributed by atoms with E-state index in [1.54, 1.807) is 0 Å². The minimum Gasteiger partial charge on any atom is -0.383 e. The maximum atomic E-state index is 4.07. The zero-order valence-electron chi connectivity index (χ0n) is 5.80. The summed E-state index contributed by atoms with van der Waals surface area (Å²) in [5.41, 5.74) is 2.62. The Bertz CT molecular complexity index is 223. The number of nitrogens with one attached hydrogen (secondary N) is 1. The van der Waals surface area contributed by atoms with Gasteiger partial charge in [-0.2, -0.15) is 0 Å². The van der Waals surface area contributed by atoms with E-state index in [9.17, 15) is 0 Å². The lowest BCUT2D eigenvalue weighted by Gasteiger charge is -2.18. The van der Waals surface area contributed by atoms with Gasteiger partial charge in [-0.1, -0.05) is 6.08 Å². The van der Waals surface area contributed by atoms with Crippen LogP contribution >= 0.6 is 0 Å². The Morgan fingerprint density at radius 2 is 2.50 bits per heavy atom. The monoisotopic (exact) mass is 134 g/mol. The molecule has 0 bridgehead atoms. The van der Waals surface area contributed by atoms with Crippen molar-refractivity contribution in [3.05, 3.63) is 23.5 Å². The van der Waals surface area contributed by atoms with Crippen LogP contribution in [0.3, 0.4) is 0 Å². The molecular weight excluding hydrogens is 124 g/mol. The lowest BCUT2D eigenvalue weighted by atomic mass is 10.0. The first-order valence-electron chi connectivity index (χ1n) is 3.62. The van der Waals surface area contributed by atoms with Gasteiger partial charge in [0.2, 0.25) is 0 Å².